The van der Waals surface area contributed by atoms with Crippen molar-refractivity contribution in [2.45, 2.75) is 36.6 Å². The van der Waals surface area contributed by atoms with E-state index in [2.05, 4.69) is 0 Å². The summed E-state index contributed by atoms with van der Waals surface area (Å²) in [5, 5.41) is 9.60. The highest BCUT2D eigenvalue weighted by Gasteiger charge is 2.47. The van der Waals surface area contributed by atoms with Crippen LogP contribution in [0.1, 0.15) is 26.2 Å². The molecule has 1 heterocycles. The monoisotopic (exact) mass is 297 g/mol. The number of rotatable bonds is 4. The SMILES string of the molecule is CCC1(C(=O)O)CCCN1c1ccccc1S(C)(=O)=O. The summed E-state index contributed by atoms with van der Waals surface area (Å²) in [4.78, 5) is 13.6. The molecule has 1 aromatic rings. The Morgan fingerprint density at radius 3 is 2.60 bits per heavy atom. The summed E-state index contributed by atoms with van der Waals surface area (Å²) in [7, 11) is -3.39. The van der Waals surface area contributed by atoms with Gasteiger partial charge in [-0.2, -0.15) is 0 Å². The third-order valence-electron chi connectivity index (χ3n) is 4.03. The molecule has 0 amide bonds. The average Bonchev–Trinajstić information content (AvgIpc) is 2.82. The van der Waals surface area contributed by atoms with Crippen LogP contribution in [0.3, 0.4) is 0 Å². The van der Waals surface area contributed by atoms with Gasteiger partial charge in [-0.05, 0) is 31.4 Å². The molecule has 0 aliphatic carbocycles. The Bertz CT molecular complexity index is 626. The van der Waals surface area contributed by atoms with Gasteiger partial charge in [0.25, 0.3) is 0 Å². The zero-order chi connectivity index (χ0) is 15.0. The van der Waals surface area contributed by atoms with Gasteiger partial charge in [0.05, 0.1) is 10.6 Å². The highest BCUT2D eigenvalue weighted by molar-refractivity contribution is 7.90. The fourth-order valence-electron chi connectivity index (χ4n) is 2.96. The van der Waals surface area contributed by atoms with Gasteiger partial charge in [-0.3, -0.25) is 0 Å². The maximum Gasteiger partial charge on any atom is 0.329 e. The number of carboxylic acids is 1. The van der Waals surface area contributed by atoms with Crippen molar-refractivity contribution in [2.75, 3.05) is 17.7 Å². The molecule has 6 heteroatoms. The predicted octanol–water partition coefficient (Wildman–Crippen LogP) is 1.92. The summed E-state index contributed by atoms with van der Waals surface area (Å²) in [5.41, 5.74) is -0.502. The molecule has 1 aromatic carbocycles. The Balaban J connectivity index is 2.60. The van der Waals surface area contributed by atoms with E-state index in [4.69, 9.17) is 0 Å². The first kappa shape index (κ1) is 14.8. The van der Waals surface area contributed by atoms with Gasteiger partial charge in [0, 0.05) is 12.8 Å². The normalized spacial score (nSPS) is 23.0. The smallest absolute Gasteiger partial charge is 0.329 e. The van der Waals surface area contributed by atoms with E-state index in [1.165, 1.54) is 6.07 Å². The van der Waals surface area contributed by atoms with E-state index in [-0.39, 0.29) is 4.90 Å². The number of carbonyl (C=O) groups is 1. The summed E-state index contributed by atoms with van der Waals surface area (Å²) in [6, 6.07) is 6.62. The van der Waals surface area contributed by atoms with E-state index >= 15 is 0 Å². The van der Waals surface area contributed by atoms with Crippen LogP contribution in [0.5, 0.6) is 0 Å². The number of aliphatic carboxylic acids is 1. The lowest BCUT2D eigenvalue weighted by atomic mass is 9.92. The third kappa shape index (κ3) is 2.28. The van der Waals surface area contributed by atoms with Crippen molar-refractivity contribution in [3.8, 4) is 0 Å². The molecule has 1 aliphatic heterocycles. The minimum Gasteiger partial charge on any atom is -0.479 e. The van der Waals surface area contributed by atoms with Crippen molar-refractivity contribution in [2.24, 2.45) is 0 Å². The maximum absolute atomic E-state index is 11.9. The van der Waals surface area contributed by atoms with Crippen LogP contribution in [0, 0.1) is 0 Å². The number of benzene rings is 1. The second-order valence-corrected chi connectivity index (χ2v) is 7.17. The first-order valence-corrected chi connectivity index (χ1v) is 8.52. The van der Waals surface area contributed by atoms with E-state index < -0.39 is 21.3 Å². The van der Waals surface area contributed by atoms with E-state index in [9.17, 15) is 18.3 Å². The van der Waals surface area contributed by atoms with Gasteiger partial charge >= 0.3 is 5.97 Å². The van der Waals surface area contributed by atoms with Crippen molar-refractivity contribution >= 4 is 21.5 Å². The molecular weight excluding hydrogens is 278 g/mol. The Morgan fingerprint density at radius 1 is 1.40 bits per heavy atom. The largest absolute Gasteiger partial charge is 0.479 e. The van der Waals surface area contributed by atoms with E-state index in [0.29, 0.717) is 25.1 Å². The minimum absolute atomic E-state index is 0.195. The Hall–Kier alpha value is -1.56. The van der Waals surface area contributed by atoms with Gasteiger partial charge < -0.3 is 10.0 Å². The number of sulfone groups is 1. The average molecular weight is 297 g/mol. The van der Waals surface area contributed by atoms with Crippen LogP contribution in [-0.2, 0) is 14.6 Å². The van der Waals surface area contributed by atoms with Crippen molar-refractivity contribution in [3.05, 3.63) is 24.3 Å². The Morgan fingerprint density at radius 2 is 2.05 bits per heavy atom. The van der Waals surface area contributed by atoms with Crippen molar-refractivity contribution in [3.63, 3.8) is 0 Å². The van der Waals surface area contributed by atoms with E-state index in [0.717, 1.165) is 12.7 Å². The van der Waals surface area contributed by atoms with Crippen LogP contribution in [-0.4, -0.2) is 37.8 Å². The molecule has 0 spiro atoms. The van der Waals surface area contributed by atoms with Gasteiger partial charge in [0.1, 0.15) is 5.54 Å². The lowest BCUT2D eigenvalue weighted by Crippen LogP contribution is -2.50. The van der Waals surface area contributed by atoms with Crippen LogP contribution >= 0.6 is 0 Å². The molecule has 1 N–H and O–H groups in total. The molecule has 110 valence electrons. The lowest BCUT2D eigenvalue weighted by molar-refractivity contribution is -0.143. The second-order valence-electron chi connectivity index (χ2n) is 5.19. The third-order valence-corrected chi connectivity index (χ3v) is 5.17. The lowest BCUT2D eigenvalue weighted by Gasteiger charge is -2.36. The standard InChI is InChI=1S/C14H19NO4S/c1-3-14(13(16)17)9-6-10-15(14)11-7-4-5-8-12(11)20(2,18)19/h4-5,7-8H,3,6,9-10H2,1-2H3,(H,16,17). The van der Waals surface area contributed by atoms with Crippen LogP contribution < -0.4 is 4.90 Å². The van der Waals surface area contributed by atoms with Crippen molar-refractivity contribution in [1.29, 1.82) is 0 Å². The number of hydrogen-bond acceptors (Lipinski definition) is 4. The van der Waals surface area contributed by atoms with Crippen molar-refractivity contribution in [1.82, 2.24) is 0 Å². The molecule has 1 saturated heterocycles. The summed E-state index contributed by atoms with van der Waals surface area (Å²) in [6.45, 7) is 2.39. The summed E-state index contributed by atoms with van der Waals surface area (Å²) in [6.07, 6.45) is 2.88. The fraction of sp³-hybridized carbons (Fsp3) is 0.500. The molecule has 2 rings (SSSR count). The summed E-state index contributed by atoms with van der Waals surface area (Å²) < 4.78 is 23.8. The molecule has 0 aromatic heterocycles. The molecule has 5 nitrogen and oxygen atoms in total. The first-order valence-electron chi connectivity index (χ1n) is 6.63. The topological polar surface area (TPSA) is 74.7 Å². The zero-order valence-electron chi connectivity index (χ0n) is 11.7. The van der Waals surface area contributed by atoms with Crippen LogP contribution in [0.15, 0.2) is 29.2 Å². The number of para-hydroxylation sites is 1. The minimum atomic E-state index is -3.39. The van der Waals surface area contributed by atoms with Crippen LogP contribution in [0.4, 0.5) is 5.69 Å². The number of nitrogens with zero attached hydrogens (tertiary/aromatic N) is 1. The number of hydrogen-bond donors (Lipinski definition) is 1. The summed E-state index contributed by atoms with van der Waals surface area (Å²) >= 11 is 0. The molecule has 0 radical (unpaired) electrons. The van der Waals surface area contributed by atoms with E-state index in [1.807, 2.05) is 6.92 Å². The van der Waals surface area contributed by atoms with Crippen LogP contribution in [0.25, 0.3) is 0 Å². The maximum atomic E-state index is 11.9. The highest BCUT2D eigenvalue weighted by atomic mass is 32.2. The van der Waals surface area contributed by atoms with Gasteiger partial charge in [0.15, 0.2) is 9.84 Å². The Labute approximate surface area is 119 Å². The van der Waals surface area contributed by atoms with Crippen molar-refractivity contribution < 1.29 is 18.3 Å². The molecular formula is C14H19NO4S. The zero-order valence-corrected chi connectivity index (χ0v) is 12.5. The Kier molecular flexibility index (Phi) is 3.77. The van der Waals surface area contributed by atoms with Gasteiger partial charge in [-0.25, -0.2) is 13.2 Å². The predicted molar refractivity (Wildman–Crippen MR) is 76.8 cm³/mol. The summed E-state index contributed by atoms with van der Waals surface area (Å²) in [5.74, 6) is -0.888. The highest BCUT2D eigenvalue weighted by Crippen LogP contribution is 2.39. The molecule has 0 saturated carbocycles. The van der Waals surface area contributed by atoms with Gasteiger partial charge in [-0.15, -0.1) is 0 Å². The molecule has 1 atom stereocenters. The number of anilines is 1. The van der Waals surface area contributed by atoms with E-state index in [1.54, 1.807) is 23.1 Å². The van der Waals surface area contributed by atoms with Gasteiger partial charge in [0.2, 0.25) is 0 Å². The molecule has 20 heavy (non-hydrogen) atoms. The molecule has 1 unspecified atom stereocenters. The van der Waals surface area contributed by atoms with Gasteiger partial charge in [-0.1, -0.05) is 19.1 Å². The van der Waals surface area contributed by atoms with Crippen LogP contribution in [0.2, 0.25) is 0 Å². The molecule has 1 aliphatic rings. The molecule has 1 fully saturated rings. The second kappa shape index (κ2) is 5.09. The quantitative estimate of drug-likeness (QED) is 0.919. The fourth-order valence-corrected chi connectivity index (χ4v) is 3.85. The number of carboxylic acid groups (broad SMARTS) is 1. The first-order chi connectivity index (χ1) is 9.33. The molecule has 0 bridgehead atoms.